The van der Waals surface area contributed by atoms with Crippen molar-refractivity contribution in [3.63, 3.8) is 0 Å². The second-order valence-corrected chi connectivity index (χ2v) is 35.4. The van der Waals surface area contributed by atoms with E-state index in [-0.39, 0.29) is 10.8 Å². The van der Waals surface area contributed by atoms with E-state index in [9.17, 15) is 0 Å². The van der Waals surface area contributed by atoms with Crippen LogP contribution >= 0.6 is 11.3 Å². The van der Waals surface area contributed by atoms with E-state index in [0.29, 0.717) is 11.8 Å². The number of anilines is 6. The van der Waals surface area contributed by atoms with Gasteiger partial charge in [0.25, 0.3) is 0 Å². The Morgan fingerprint density at radius 1 is 0.425 bits per heavy atom. The molecule has 2 unspecified atom stereocenters. The van der Waals surface area contributed by atoms with Crippen LogP contribution in [0.1, 0.15) is 55.9 Å². The molecule has 0 saturated heterocycles. The third-order valence-electron chi connectivity index (χ3n) is 17.0. The maximum Gasteiger partial charge on any atom is 0.0775 e. The van der Waals surface area contributed by atoms with Crippen LogP contribution in [0.4, 0.5) is 34.1 Å². The zero-order chi connectivity index (χ0) is 50.3. The van der Waals surface area contributed by atoms with Gasteiger partial charge in [-0.3, -0.25) is 0 Å². The van der Waals surface area contributed by atoms with E-state index in [1.165, 1.54) is 114 Å². The van der Waals surface area contributed by atoms with Crippen LogP contribution in [0.5, 0.6) is 0 Å². The Kier molecular flexibility index (Phi) is 10.3. The highest BCUT2D eigenvalue weighted by Gasteiger charge is 2.45. The lowest BCUT2D eigenvalue weighted by Gasteiger charge is -2.30. The predicted octanol–water partition coefficient (Wildman–Crippen LogP) is 18.8. The number of nitrogens with zero attached hydrogens (tertiary/aromatic N) is 2. The molecule has 1 aromatic heterocycles. The molecular weight excluding hydrogens is 933 g/mol. The molecular formula is C68H64N2SSi2. The zero-order valence-electron chi connectivity index (χ0n) is 43.9. The Hall–Kier alpha value is -6.77. The summed E-state index contributed by atoms with van der Waals surface area (Å²) in [4.78, 5) is 5.00. The molecule has 2 atom stereocenters. The van der Waals surface area contributed by atoms with Crippen molar-refractivity contribution in [3.05, 3.63) is 216 Å². The standard InChI is InChI=1S/C68H64N2SSi2/c1-67(2)60-21-15-13-18-52(60)54-35-27-46(40-62(54)67)69(43-23-31-49(32-24-43)72(5,6)7)45-29-37-57-59(39-45)51-17-11-12-20-56(51)65-58-38-30-48(42-64(58)71-66(57)65)70(44-25-33-50(34-26-44)73(8,9)10)47-28-36-55-53-19-14-16-22-61(53)68(3,4)63(55)41-47/h11-42,53,61H,1-10H3. The minimum Gasteiger partial charge on any atom is -0.310 e. The molecule has 0 N–H and O–H groups in total. The van der Waals surface area contributed by atoms with Gasteiger partial charge in [0.1, 0.15) is 0 Å². The summed E-state index contributed by atoms with van der Waals surface area (Å²) < 4.78 is 2.64. The smallest absolute Gasteiger partial charge is 0.0775 e. The molecule has 2 nitrogen and oxygen atoms in total. The molecule has 73 heavy (non-hydrogen) atoms. The molecule has 3 aliphatic carbocycles. The highest BCUT2D eigenvalue weighted by molar-refractivity contribution is 7.27. The normalized spacial score (nSPS) is 17.3. The SMILES string of the molecule is CC1(C)c2ccccc2-c2ccc(N(c3ccc([Si](C)(C)C)cc3)c3ccc4c(c3)c3ccccc3c3c5ccc(N(c6ccc([Si](C)(C)C)cc6)c6ccc7c(c6)C(C)(C)C6C=CC=CC76)cc5sc43)cc21. The number of hydrogen-bond donors (Lipinski definition) is 0. The van der Waals surface area contributed by atoms with Crippen molar-refractivity contribution in [1.29, 1.82) is 0 Å². The topological polar surface area (TPSA) is 6.48 Å². The molecule has 0 spiro atoms. The number of thiophene rings is 1. The fourth-order valence-corrected chi connectivity index (χ4v) is 16.6. The van der Waals surface area contributed by atoms with Crippen LogP contribution in [0, 0.1) is 5.92 Å². The minimum atomic E-state index is -1.52. The Morgan fingerprint density at radius 3 is 1.62 bits per heavy atom. The largest absolute Gasteiger partial charge is 0.310 e. The van der Waals surface area contributed by atoms with Gasteiger partial charge >= 0.3 is 0 Å². The van der Waals surface area contributed by atoms with Gasteiger partial charge in [0.15, 0.2) is 0 Å². The first-order valence-electron chi connectivity index (χ1n) is 26.3. The average molecular weight is 998 g/mol. The van der Waals surface area contributed by atoms with Crippen molar-refractivity contribution in [2.24, 2.45) is 5.92 Å². The molecule has 3 aliphatic rings. The number of benzene rings is 9. The van der Waals surface area contributed by atoms with E-state index in [2.05, 4.69) is 271 Å². The van der Waals surface area contributed by atoms with Gasteiger partial charge in [-0.2, -0.15) is 0 Å². The summed E-state index contributed by atoms with van der Waals surface area (Å²) in [6.07, 6.45) is 9.31. The third kappa shape index (κ3) is 7.21. The summed E-state index contributed by atoms with van der Waals surface area (Å²) in [5, 5.41) is 10.7. The monoisotopic (exact) mass is 996 g/mol. The lowest BCUT2D eigenvalue weighted by molar-refractivity contribution is 0.394. The zero-order valence-corrected chi connectivity index (χ0v) is 46.7. The van der Waals surface area contributed by atoms with Crippen molar-refractivity contribution in [3.8, 4) is 11.1 Å². The Labute approximate surface area is 438 Å². The van der Waals surface area contributed by atoms with Gasteiger partial charge in [-0.05, 0) is 134 Å². The van der Waals surface area contributed by atoms with E-state index in [4.69, 9.17) is 0 Å². The van der Waals surface area contributed by atoms with Gasteiger partial charge < -0.3 is 9.80 Å². The molecule has 0 saturated carbocycles. The number of fused-ring (bicyclic) bond motifs is 14. The summed E-state index contributed by atoms with van der Waals surface area (Å²) in [5.41, 5.74) is 15.4. The van der Waals surface area contributed by atoms with Crippen molar-refractivity contribution in [1.82, 2.24) is 0 Å². The Balaban J connectivity index is 0.977. The van der Waals surface area contributed by atoms with Crippen LogP contribution in [-0.2, 0) is 10.8 Å². The van der Waals surface area contributed by atoms with Gasteiger partial charge in [-0.1, -0.05) is 199 Å². The van der Waals surface area contributed by atoms with Crippen LogP contribution in [0.25, 0.3) is 52.8 Å². The molecule has 0 amide bonds. The number of rotatable bonds is 8. The highest BCUT2D eigenvalue weighted by Crippen LogP contribution is 2.55. The molecule has 0 aliphatic heterocycles. The average Bonchev–Trinajstić information content (AvgIpc) is 3.97. The summed E-state index contributed by atoms with van der Waals surface area (Å²) >= 11 is 1.94. The first-order valence-corrected chi connectivity index (χ1v) is 34.1. The van der Waals surface area contributed by atoms with Crippen molar-refractivity contribution in [2.75, 3.05) is 9.80 Å². The van der Waals surface area contributed by atoms with Crippen molar-refractivity contribution in [2.45, 2.75) is 83.7 Å². The maximum atomic E-state index is 2.51. The van der Waals surface area contributed by atoms with Gasteiger partial charge in [-0.15, -0.1) is 11.3 Å². The van der Waals surface area contributed by atoms with E-state index < -0.39 is 16.1 Å². The lowest BCUT2D eigenvalue weighted by Crippen LogP contribution is -2.37. The Bertz CT molecular complexity index is 3950. The predicted molar refractivity (Wildman–Crippen MR) is 325 cm³/mol. The van der Waals surface area contributed by atoms with Gasteiger partial charge in [0.05, 0.1) is 16.1 Å². The molecule has 0 radical (unpaired) electrons. The molecule has 0 bridgehead atoms. The third-order valence-corrected chi connectivity index (χ3v) is 22.4. The van der Waals surface area contributed by atoms with Crippen molar-refractivity contribution >= 4 is 114 Å². The highest BCUT2D eigenvalue weighted by atomic mass is 32.1. The second-order valence-electron chi connectivity index (χ2n) is 24.2. The second kappa shape index (κ2) is 16.4. The van der Waals surface area contributed by atoms with E-state index in [1.807, 2.05) is 11.3 Å². The van der Waals surface area contributed by atoms with Crippen LogP contribution in [0.15, 0.2) is 194 Å². The Morgan fingerprint density at radius 2 is 0.945 bits per heavy atom. The maximum absolute atomic E-state index is 2.51. The van der Waals surface area contributed by atoms with Crippen molar-refractivity contribution < 1.29 is 0 Å². The van der Waals surface area contributed by atoms with Gasteiger partial charge in [0, 0.05) is 71.0 Å². The first kappa shape index (κ1) is 46.1. The van der Waals surface area contributed by atoms with E-state index in [0.717, 1.165) is 5.69 Å². The van der Waals surface area contributed by atoms with E-state index >= 15 is 0 Å². The minimum absolute atomic E-state index is 0.0159. The fraction of sp³-hybridized carbons (Fsp3) is 0.206. The van der Waals surface area contributed by atoms with Crippen LogP contribution in [-0.4, -0.2) is 16.1 Å². The molecule has 9 aromatic carbocycles. The number of hydrogen-bond acceptors (Lipinski definition) is 3. The fourth-order valence-electron chi connectivity index (χ4n) is 13.0. The lowest BCUT2D eigenvalue weighted by atomic mass is 9.74. The molecule has 360 valence electrons. The molecule has 13 rings (SSSR count). The molecule has 0 fully saturated rings. The molecule has 10 aromatic rings. The molecule has 1 heterocycles. The van der Waals surface area contributed by atoms with Crippen LogP contribution < -0.4 is 20.2 Å². The summed E-state index contributed by atoms with van der Waals surface area (Å²) in [5.74, 6) is 0.871. The van der Waals surface area contributed by atoms with E-state index in [1.54, 1.807) is 0 Å². The number of allylic oxidation sites excluding steroid dienone is 4. The quantitative estimate of drug-likeness (QED) is 0.111. The molecule has 5 heteroatoms. The summed E-state index contributed by atoms with van der Waals surface area (Å²) in [6.45, 7) is 24.2. The van der Waals surface area contributed by atoms with Gasteiger partial charge in [-0.25, -0.2) is 0 Å². The first-order chi connectivity index (χ1) is 35.0. The summed E-state index contributed by atoms with van der Waals surface area (Å²) in [7, 11) is -3.02. The van der Waals surface area contributed by atoms with Crippen LogP contribution in [0.2, 0.25) is 39.3 Å². The van der Waals surface area contributed by atoms with Crippen LogP contribution in [0.3, 0.4) is 0 Å². The van der Waals surface area contributed by atoms with Gasteiger partial charge in [0.2, 0.25) is 0 Å². The summed E-state index contributed by atoms with van der Waals surface area (Å²) in [6, 6.07) is 66.0.